The summed E-state index contributed by atoms with van der Waals surface area (Å²) in [4.78, 5) is 15.4. The van der Waals surface area contributed by atoms with Crippen molar-refractivity contribution in [1.29, 1.82) is 0 Å². The fourth-order valence-electron chi connectivity index (χ4n) is 1.87. The number of carboxylic acids is 1. The molecular weight excluding hydrogens is 282 g/mol. The van der Waals surface area contributed by atoms with E-state index in [1.54, 1.807) is 24.3 Å². The molecule has 6 heteroatoms. The number of ether oxygens (including phenoxy) is 1. The average molecular weight is 307 g/mol. The molecule has 1 aromatic carbocycles. The lowest BCUT2D eigenvalue weighted by atomic mass is 9.81. The Hall–Kier alpha value is -2.08. The van der Waals surface area contributed by atoms with E-state index in [-0.39, 0.29) is 12.0 Å². The van der Waals surface area contributed by atoms with Crippen LogP contribution < -0.4 is 16.2 Å². The normalized spacial score (nSPS) is 13.7. The lowest BCUT2D eigenvalue weighted by Gasteiger charge is -2.26. The molecule has 0 unspecified atom stereocenters. The number of nitrogens with two attached hydrogens (primary N) is 2. The van der Waals surface area contributed by atoms with E-state index >= 15 is 0 Å². The van der Waals surface area contributed by atoms with Gasteiger partial charge >= 0.3 is 5.97 Å². The monoisotopic (exact) mass is 307 g/mol. The number of amidine groups is 1. The van der Waals surface area contributed by atoms with Gasteiger partial charge in [-0.05, 0) is 29.7 Å². The van der Waals surface area contributed by atoms with Gasteiger partial charge in [-0.3, -0.25) is 9.79 Å². The topological polar surface area (TPSA) is 111 Å². The quantitative estimate of drug-likeness (QED) is 0.522. The molecule has 0 aliphatic carbocycles. The molecule has 0 amide bonds. The number of rotatable bonds is 7. The van der Waals surface area contributed by atoms with Crippen molar-refractivity contribution in [3.8, 4) is 5.75 Å². The van der Waals surface area contributed by atoms with Crippen LogP contribution in [0.1, 0.15) is 26.3 Å². The second-order valence-electron chi connectivity index (χ2n) is 6.15. The lowest BCUT2D eigenvalue weighted by Crippen LogP contribution is -2.33. The van der Waals surface area contributed by atoms with Crippen LogP contribution in [-0.4, -0.2) is 36.6 Å². The number of hydrogen-bond donors (Lipinski definition) is 3. The number of benzene rings is 1. The minimum atomic E-state index is -0.859. The summed E-state index contributed by atoms with van der Waals surface area (Å²) in [6.07, 6.45) is 0. The van der Waals surface area contributed by atoms with Crippen molar-refractivity contribution in [2.45, 2.75) is 20.8 Å². The third-order valence-corrected chi connectivity index (χ3v) is 3.32. The fourth-order valence-corrected chi connectivity index (χ4v) is 1.87. The second kappa shape index (κ2) is 7.79. The summed E-state index contributed by atoms with van der Waals surface area (Å²) < 4.78 is 5.59. The third kappa shape index (κ3) is 5.37. The van der Waals surface area contributed by atoms with Crippen LogP contribution in [0.25, 0.3) is 0 Å². The van der Waals surface area contributed by atoms with Gasteiger partial charge < -0.3 is 21.3 Å². The van der Waals surface area contributed by atoms with Crippen LogP contribution >= 0.6 is 0 Å². The maximum Gasteiger partial charge on any atom is 0.310 e. The fraction of sp³-hybridized carbons (Fsp3) is 0.500. The summed E-state index contributed by atoms with van der Waals surface area (Å²) in [6, 6.07) is 7.08. The predicted octanol–water partition coefficient (Wildman–Crippen LogP) is 1.48. The van der Waals surface area contributed by atoms with Crippen molar-refractivity contribution in [2.24, 2.45) is 27.8 Å². The maximum atomic E-state index is 11.3. The van der Waals surface area contributed by atoms with Gasteiger partial charge in [-0.25, -0.2) is 0 Å². The van der Waals surface area contributed by atoms with E-state index in [9.17, 15) is 9.90 Å². The summed E-state index contributed by atoms with van der Waals surface area (Å²) in [5, 5.41) is 9.26. The first kappa shape index (κ1) is 18.0. The molecule has 22 heavy (non-hydrogen) atoms. The molecule has 122 valence electrons. The van der Waals surface area contributed by atoms with Gasteiger partial charge in [0.1, 0.15) is 18.2 Å². The minimum absolute atomic E-state index is 0.120. The largest absolute Gasteiger partial charge is 0.493 e. The Labute approximate surface area is 131 Å². The van der Waals surface area contributed by atoms with E-state index in [1.807, 2.05) is 20.8 Å². The van der Waals surface area contributed by atoms with Crippen LogP contribution in [0.15, 0.2) is 29.3 Å². The molecular formula is C16H25N3O3. The molecule has 5 N–H and O–H groups in total. The first-order chi connectivity index (χ1) is 10.3. The van der Waals surface area contributed by atoms with Gasteiger partial charge in [0.2, 0.25) is 0 Å². The maximum absolute atomic E-state index is 11.3. The summed E-state index contributed by atoms with van der Waals surface area (Å²) in [6.45, 7) is 6.70. The molecule has 0 bridgehead atoms. The van der Waals surface area contributed by atoms with Gasteiger partial charge in [0.25, 0.3) is 0 Å². The van der Waals surface area contributed by atoms with E-state index in [1.165, 1.54) is 0 Å². The van der Waals surface area contributed by atoms with E-state index in [2.05, 4.69) is 4.99 Å². The van der Waals surface area contributed by atoms with E-state index in [0.29, 0.717) is 24.7 Å². The highest BCUT2D eigenvalue weighted by Gasteiger charge is 2.31. The van der Waals surface area contributed by atoms with Gasteiger partial charge in [-0.15, -0.1) is 0 Å². The Morgan fingerprint density at radius 2 is 1.91 bits per heavy atom. The molecule has 0 spiro atoms. The standard InChI is InChI=1S/C16H25N3O3/c1-16(2,3)13(15(20)21)10-22-12-6-4-11(5-7-12)14(18)19-9-8-17/h4-7,13H,8-10,17H2,1-3H3,(H2,18,19)(H,20,21)/t13-/m1/s1. The molecule has 0 heterocycles. The van der Waals surface area contributed by atoms with Crippen molar-refractivity contribution in [2.75, 3.05) is 19.7 Å². The van der Waals surface area contributed by atoms with Crippen LogP contribution in [0.5, 0.6) is 5.75 Å². The number of aliphatic imine (C=N–C) groups is 1. The summed E-state index contributed by atoms with van der Waals surface area (Å²) in [7, 11) is 0. The number of hydrogen-bond acceptors (Lipinski definition) is 4. The predicted molar refractivity (Wildman–Crippen MR) is 87.2 cm³/mol. The molecule has 1 atom stereocenters. The smallest absolute Gasteiger partial charge is 0.310 e. The first-order valence-corrected chi connectivity index (χ1v) is 7.21. The molecule has 0 fully saturated rings. The van der Waals surface area contributed by atoms with Crippen molar-refractivity contribution in [3.05, 3.63) is 29.8 Å². The molecule has 0 saturated heterocycles. The van der Waals surface area contributed by atoms with Crippen LogP contribution in [0.4, 0.5) is 0 Å². The van der Waals surface area contributed by atoms with Crippen LogP contribution in [-0.2, 0) is 4.79 Å². The molecule has 0 aliphatic heterocycles. The third-order valence-electron chi connectivity index (χ3n) is 3.32. The van der Waals surface area contributed by atoms with Crippen LogP contribution in [0.3, 0.4) is 0 Å². The van der Waals surface area contributed by atoms with Gasteiger partial charge in [0.15, 0.2) is 0 Å². The zero-order valence-corrected chi connectivity index (χ0v) is 13.4. The number of nitrogens with zero attached hydrogens (tertiary/aromatic N) is 1. The Kier molecular flexibility index (Phi) is 6.37. The number of aliphatic carboxylic acids is 1. The molecule has 0 aromatic heterocycles. The zero-order chi connectivity index (χ0) is 16.8. The lowest BCUT2D eigenvalue weighted by molar-refractivity contribution is -0.146. The van der Waals surface area contributed by atoms with E-state index in [4.69, 9.17) is 16.2 Å². The summed E-state index contributed by atoms with van der Waals surface area (Å²) in [5.41, 5.74) is 11.6. The summed E-state index contributed by atoms with van der Waals surface area (Å²) >= 11 is 0. The number of carboxylic acid groups (broad SMARTS) is 1. The molecule has 0 aliphatic rings. The highest BCUT2D eigenvalue weighted by molar-refractivity contribution is 5.97. The van der Waals surface area contributed by atoms with Crippen molar-refractivity contribution < 1.29 is 14.6 Å². The zero-order valence-electron chi connectivity index (χ0n) is 13.4. The van der Waals surface area contributed by atoms with E-state index < -0.39 is 11.9 Å². The second-order valence-corrected chi connectivity index (χ2v) is 6.15. The number of carbonyl (C=O) groups is 1. The van der Waals surface area contributed by atoms with Crippen molar-refractivity contribution >= 4 is 11.8 Å². The Bertz CT molecular complexity index is 518. The molecule has 1 rings (SSSR count). The highest BCUT2D eigenvalue weighted by Crippen LogP contribution is 2.27. The Morgan fingerprint density at radius 1 is 1.32 bits per heavy atom. The van der Waals surface area contributed by atoms with Gasteiger partial charge in [0, 0.05) is 12.1 Å². The van der Waals surface area contributed by atoms with Gasteiger partial charge in [-0.1, -0.05) is 20.8 Å². The van der Waals surface area contributed by atoms with Gasteiger partial charge in [0.05, 0.1) is 12.5 Å². The molecule has 6 nitrogen and oxygen atoms in total. The molecule has 0 saturated carbocycles. The Morgan fingerprint density at radius 3 is 2.36 bits per heavy atom. The van der Waals surface area contributed by atoms with Crippen LogP contribution in [0, 0.1) is 11.3 Å². The molecule has 1 aromatic rings. The SMILES string of the molecule is CC(C)(C)[C@H](COc1ccc(C(N)=NCCN)cc1)C(=O)O. The highest BCUT2D eigenvalue weighted by atomic mass is 16.5. The van der Waals surface area contributed by atoms with Crippen molar-refractivity contribution in [3.63, 3.8) is 0 Å². The van der Waals surface area contributed by atoms with Crippen LogP contribution in [0.2, 0.25) is 0 Å². The van der Waals surface area contributed by atoms with Gasteiger partial charge in [-0.2, -0.15) is 0 Å². The van der Waals surface area contributed by atoms with Crippen molar-refractivity contribution in [1.82, 2.24) is 0 Å². The first-order valence-electron chi connectivity index (χ1n) is 7.21. The minimum Gasteiger partial charge on any atom is -0.493 e. The average Bonchev–Trinajstić information content (AvgIpc) is 2.43. The molecule has 0 radical (unpaired) electrons. The Balaban J connectivity index is 2.70. The summed E-state index contributed by atoms with van der Waals surface area (Å²) in [5.74, 6) is -0.411. The van der Waals surface area contributed by atoms with E-state index in [0.717, 1.165) is 5.56 Å².